The van der Waals surface area contributed by atoms with Crippen LogP contribution in [0.5, 0.6) is 0 Å². The van der Waals surface area contributed by atoms with Crippen LogP contribution in [-0.4, -0.2) is 33.2 Å². The highest BCUT2D eigenvalue weighted by Crippen LogP contribution is 2.14. The smallest absolute Gasteiger partial charge is 0.221 e. The number of ether oxygens (including phenoxy) is 1. The Morgan fingerprint density at radius 3 is 2.65 bits per heavy atom. The average Bonchev–Trinajstić information content (AvgIpc) is 2.38. The summed E-state index contributed by atoms with van der Waals surface area (Å²) in [7, 11) is 3.48. The van der Waals surface area contributed by atoms with Crippen LogP contribution >= 0.6 is 0 Å². The summed E-state index contributed by atoms with van der Waals surface area (Å²) in [6.07, 6.45) is 0.400. The highest BCUT2D eigenvalue weighted by atomic mass is 16.5. The van der Waals surface area contributed by atoms with Gasteiger partial charge >= 0.3 is 0 Å². The molecule has 1 unspecified atom stereocenters. The van der Waals surface area contributed by atoms with Gasteiger partial charge in [-0.15, -0.1) is 0 Å². The zero-order valence-corrected chi connectivity index (χ0v) is 10.4. The van der Waals surface area contributed by atoms with Gasteiger partial charge in [-0.3, -0.25) is 4.79 Å². The summed E-state index contributed by atoms with van der Waals surface area (Å²) < 4.78 is 5.36. The van der Waals surface area contributed by atoms with E-state index in [0.29, 0.717) is 19.5 Å². The monoisotopic (exact) mass is 236 g/mol. The quantitative estimate of drug-likeness (QED) is 0.745. The molecule has 1 rings (SSSR count). The Kier molecular flexibility index (Phi) is 6.29. The molecular formula is C13H20N2O2. The minimum Gasteiger partial charge on any atom is -0.375 e. The Labute approximate surface area is 102 Å². The summed E-state index contributed by atoms with van der Waals surface area (Å²) in [5.41, 5.74) is 1.07. The SMILES string of the molecule is CNCCC(=O)NCC(OC)c1ccccc1. The molecule has 0 aliphatic heterocycles. The predicted octanol–water partition coefficient (Wildman–Crippen LogP) is 1.10. The topological polar surface area (TPSA) is 50.4 Å². The highest BCUT2D eigenvalue weighted by molar-refractivity contribution is 5.76. The van der Waals surface area contributed by atoms with Crippen molar-refractivity contribution in [2.45, 2.75) is 12.5 Å². The Morgan fingerprint density at radius 1 is 1.35 bits per heavy atom. The number of carbonyl (C=O) groups is 1. The number of hydrogen-bond donors (Lipinski definition) is 2. The molecule has 0 heterocycles. The Hall–Kier alpha value is -1.39. The molecule has 17 heavy (non-hydrogen) atoms. The molecule has 1 aromatic rings. The number of carbonyl (C=O) groups excluding carboxylic acids is 1. The van der Waals surface area contributed by atoms with Crippen LogP contribution < -0.4 is 10.6 Å². The standard InChI is InChI=1S/C13H20N2O2/c1-14-9-8-13(16)15-10-12(17-2)11-6-4-3-5-7-11/h3-7,12,14H,8-10H2,1-2H3,(H,15,16). The van der Waals surface area contributed by atoms with Crippen molar-refractivity contribution in [3.63, 3.8) is 0 Å². The second-order valence-electron chi connectivity index (χ2n) is 3.79. The van der Waals surface area contributed by atoms with Gasteiger partial charge in [0.1, 0.15) is 0 Å². The molecule has 0 aliphatic rings. The first-order valence-electron chi connectivity index (χ1n) is 5.77. The minimum atomic E-state index is -0.0882. The lowest BCUT2D eigenvalue weighted by Gasteiger charge is -2.16. The molecule has 94 valence electrons. The molecule has 0 aromatic heterocycles. The van der Waals surface area contributed by atoms with Crippen LogP contribution in [0, 0.1) is 0 Å². The molecule has 0 radical (unpaired) electrons. The van der Waals surface area contributed by atoms with E-state index >= 15 is 0 Å². The fourth-order valence-corrected chi connectivity index (χ4v) is 1.54. The van der Waals surface area contributed by atoms with Gasteiger partial charge in [-0.2, -0.15) is 0 Å². The minimum absolute atomic E-state index is 0.0392. The van der Waals surface area contributed by atoms with Gasteiger partial charge in [0.2, 0.25) is 5.91 Å². The van der Waals surface area contributed by atoms with Crippen molar-refractivity contribution in [3.8, 4) is 0 Å². The van der Waals surface area contributed by atoms with Gasteiger partial charge < -0.3 is 15.4 Å². The van der Waals surface area contributed by atoms with E-state index in [2.05, 4.69) is 10.6 Å². The van der Waals surface area contributed by atoms with Gasteiger partial charge in [-0.05, 0) is 12.6 Å². The van der Waals surface area contributed by atoms with Gasteiger partial charge in [-0.1, -0.05) is 30.3 Å². The van der Waals surface area contributed by atoms with Crippen molar-refractivity contribution < 1.29 is 9.53 Å². The summed E-state index contributed by atoms with van der Waals surface area (Å²) in [6, 6.07) is 9.87. The third-order valence-electron chi connectivity index (χ3n) is 2.54. The van der Waals surface area contributed by atoms with Crippen LogP contribution in [0.2, 0.25) is 0 Å². The third kappa shape index (κ3) is 4.97. The molecule has 1 amide bonds. The van der Waals surface area contributed by atoms with Crippen molar-refractivity contribution in [2.75, 3.05) is 27.2 Å². The summed E-state index contributed by atoms with van der Waals surface area (Å²) in [6.45, 7) is 1.19. The van der Waals surface area contributed by atoms with Crippen molar-refractivity contribution in [3.05, 3.63) is 35.9 Å². The Bertz CT molecular complexity index is 327. The maximum atomic E-state index is 11.4. The van der Waals surface area contributed by atoms with Gasteiger partial charge in [0.15, 0.2) is 0 Å². The first-order valence-corrected chi connectivity index (χ1v) is 5.77. The molecule has 2 N–H and O–H groups in total. The number of hydrogen-bond acceptors (Lipinski definition) is 3. The average molecular weight is 236 g/mol. The fraction of sp³-hybridized carbons (Fsp3) is 0.462. The Morgan fingerprint density at radius 2 is 2.06 bits per heavy atom. The fourth-order valence-electron chi connectivity index (χ4n) is 1.54. The molecule has 0 aliphatic carbocycles. The summed E-state index contributed by atoms with van der Waals surface area (Å²) in [4.78, 5) is 11.4. The van der Waals surface area contributed by atoms with Crippen molar-refractivity contribution in [1.82, 2.24) is 10.6 Å². The van der Waals surface area contributed by atoms with Crippen LogP contribution in [0.25, 0.3) is 0 Å². The number of nitrogens with one attached hydrogen (secondary N) is 2. The highest BCUT2D eigenvalue weighted by Gasteiger charge is 2.11. The number of benzene rings is 1. The van der Waals surface area contributed by atoms with Crippen molar-refractivity contribution in [1.29, 1.82) is 0 Å². The number of rotatable bonds is 7. The maximum absolute atomic E-state index is 11.4. The van der Waals surface area contributed by atoms with Crippen molar-refractivity contribution in [2.24, 2.45) is 0 Å². The van der Waals surface area contributed by atoms with E-state index in [9.17, 15) is 4.79 Å². The zero-order valence-electron chi connectivity index (χ0n) is 10.4. The van der Waals surface area contributed by atoms with E-state index < -0.39 is 0 Å². The number of methoxy groups -OCH3 is 1. The van der Waals surface area contributed by atoms with Crippen LogP contribution in [0.1, 0.15) is 18.1 Å². The third-order valence-corrected chi connectivity index (χ3v) is 2.54. The summed E-state index contributed by atoms with van der Waals surface area (Å²) >= 11 is 0. The largest absolute Gasteiger partial charge is 0.375 e. The van der Waals surface area contributed by atoms with Crippen LogP contribution in [0.4, 0.5) is 0 Å². The Balaban J connectivity index is 2.40. The molecule has 0 saturated heterocycles. The van der Waals surface area contributed by atoms with Gasteiger partial charge in [0.05, 0.1) is 6.10 Å². The summed E-state index contributed by atoms with van der Waals surface area (Å²) in [5.74, 6) is 0.0392. The first kappa shape index (κ1) is 13.7. The lowest BCUT2D eigenvalue weighted by Crippen LogP contribution is -2.30. The van der Waals surface area contributed by atoms with Crippen LogP contribution in [0.15, 0.2) is 30.3 Å². The molecule has 0 spiro atoms. The van der Waals surface area contributed by atoms with Gasteiger partial charge in [0, 0.05) is 26.6 Å². The van der Waals surface area contributed by atoms with Gasteiger partial charge in [-0.25, -0.2) is 0 Å². The second kappa shape index (κ2) is 7.81. The molecule has 4 nitrogen and oxygen atoms in total. The van der Waals surface area contributed by atoms with Crippen LogP contribution in [-0.2, 0) is 9.53 Å². The first-order chi connectivity index (χ1) is 8.27. The van der Waals surface area contributed by atoms with E-state index in [-0.39, 0.29) is 12.0 Å². The van der Waals surface area contributed by atoms with Gasteiger partial charge in [0.25, 0.3) is 0 Å². The van der Waals surface area contributed by atoms with E-state index in [1.54, 1.807) is 7.11 Å². The normalized spacial score (nSPS) is 12.1. The number of amides is 1. The van der Waals surface area contributed by atoms with Crippen LogP contribution in [0.3, 0.4) is 0 Å². The summed E-state index contributed by atoms with van der Waals surface area (Å²) in [5, 5.41) is 5.80. The molecule has 1 atom stereocenters. The van der Waals surface area contributed by atoms with E-state index in [1.807, 2.05) is 37.4 Å². The lowest BCUT2D eigenvalue weighted by atomic mass is 10.1. The predicted molar refractivity (Wildman–Crippen MR) is 67.7 cm³/mol. The zero-order chi connectivity index (χ0) is 12.5. The molecular weight excluding hydrogens is 216 g/mol. The van der Waals surface area contributed by atoms with E-state index in [1.165, 1.54) is 0 Å². The molecule has 0 saturated carbocycles. The van der Waals surface area contributed by atoms with Crippen molar-refractivity contribution >= 4 is 5.91 Å². The lowest BCUT2D eigenvalue weighted by molar-refractivity contribution is -0.121. The van der Waals surface area contributed by atoms with E-state index in [4.69, 9.17) is 4.74 Å². The second-order valence-corrected chi connectivity index (χ2v) is 3.79. The van der Waals surface area contributed by atoms with E-state index in [0.717, 1.165) is 5.56 Å². The molecule has 1 aromatic carbocycles. The maximum Gasteiger partial charge on any atom is 0.221 e. The molecule has 0 bridgehead atoms. The molecule has 0 fully saturated rings. The molecule has 4 heteroatoms.